The van der Waals surface area contributed by atoms with Crippen LogP contribution < -0.4 is 10.6 Å². The molecule has 4 heteroatoms. The molecule has 3 nitrogen and oxygen atoms in total. The Morgan fingerprint density at radius 1 is 1.53 bits per heavy atom. The third kappa shape index (κ3) is 2.87. The summed E-state index contributed by atoms with van der Waals surface area (Å²) >= 11 is 1.77. The molecular weight excluding hydrogens is 232 g/mol. The molecule has 1 aromatic rings. The summed E-state index contributed by atoms with van der Waals surface area (Å²) in [5.74, 6) is 0.769. The Kier molecular flexibility index (Phi) is 3.84. The number of carbonyl (C=O) groups is 1. The van der Waals surface area contributed by atoms with Crippen LogP contribution in [0.1, 0.15) is 22.2 Å². The average Bonchev–Trinajstić information content (AvgIpc) is 2.83. The summed E-state index contributed by atoms with van der Waals surface area (Å²) in [7, 11) is 0. The number of carbonyl (C=O) groups excluding carboxylic acids is 1. The van der Waals surface area contributed by atoms with Gasteiger partial charge < -0.3 is 10.6 Å². The van der Waals surface area contributed by atoms with Gasteiger partial charge in [0, 0.05) is 16.3 Å². The topological polar surface area (TPSA) is 41.1 Å². The summed E-state index contributed by atoms with van der Waals surface area (Å²) < 4.78 is 0. The van der Waals surface area contributed by atoms with Crippen molar-refractivity contribution in [3.05, 3.63) is 21.4 Å². The van der Waals surface area contributed by atoms with Crippen LogP contribution in [0.25, 0.3) is 0 Å². The number of rotatable bonds is 3. The second-order valence-corrected chi connectivity index (χ2v) is 6.25. The van der Waals surface area contributed by atoms with Gasteiger partial charge in [-0.3, -0.25) is 4.79 Å². The first kappa shape index (κ1) is 12.6. The van der Waals surface area contributed by atoms with E-state index < -0.39 is 0 Å². The summed E-state index contributed by atoms with van der Waals surface area (Å²) in [6.07, 6.45) is 0. The lowest BCUT2D eigenvalue weighted by Gasteiger charge is -2.13. The van der Waals surface area contributed by atoms with Gasteiger partial charge in [0.1, 0.15) is 0 Å². The quantitative estimate of drug-likeness (QED) is 0.862. The molecule has 2 unspecified atom stereocenters. The van der Waals surface area contributed by atoms with Gasteiger partial charge in [-0.05, 0) is 37.9 Å². The third-order valence-corrected chi connectivity index (χ3v) is 4.66. The van der Waals surface area contributed by atoms with Gasteiger partial charge in [0.05, 0.1) is 12.5 Å². The van der Waals surface area contributed by atoms with E-state index in [-0.39, 0.29) is 11.8 Å². The van der Waals surface area contributed by atoms with Crippen LogP contribution in [0.3, 0.4) is 0 Å². The average molecular weight is 252 g/mol. The molecule has 0 aliphatic carbocycles. The van der Waals surface area contributed by atoms with Crippen molar-refractivity contribution < 1.29 is 4.79 Å². The predicted molar refractivity (Wildman–Crippen MR) is 71.2 cm³/mol. The monoisotopic (exact) mass is 252 g/mol. The van der Waals surface area contributed by atoms with Crippen molar-refractivity contribution in [1.29, 1.82) is 0 Å². The van der Waals surface area contributed by atoms with E-state index in [1.54, 1.807) is 11.3 Å². The first-order chi connectivity index (χ1) is 8.08. The molecule has 1 aromatic heterocycles. The molecule has 2 atom stereocenters. The molecule has 2 rings (SSSR count). The van der Waals surface area contributed by atoms with Gasteiger partial charge in [-0.15, -0.1) is 11.3 Å². The lowest BCUT2D eigenvalue weighted by atomic mass is 9.97. The molecule has 1 amide bonds. The van der Waals surface area contributed by atoms with Gasteiger partial charge >= 0.3 is 0 Å². The maximum absolute atomic E-state index is 12.0. The highest BCUT2D eigenvalue weighted by Crippen LogP contribution is 2.21. The third-order valence-electron chi connectivity index (χ3n) is 3.51. The van der Waals surface area contributed by atoms with Gasteiger partial charge in [-0.2, -0.15) is 0 Å². The Balaban J connectivity index is 1.87. The van der Waals surface area contributed by atoms with Crippen LogP contribution in [0, 0.1) is 25.7 Å². The molecule has 0 aromatic carbocycles. The molecule has 2 N–H and O–H groups in total. The number of amides is 1. The van der Waals surface area contributed by atoms with E-state index in [2.05, 4.69) is 37.5 Å². The minimum absolute atomic E-state index is 0.136. The van der Waals surface area contributed by atoms with Gasteiger partial charge in [0.25, 0.3) is 0 Å². The Labute approximate surface area is 107 Å². The summed E-state index contributed by atoms with van der Waals surface area (Å²) in [5, 5.41) is 6.30. The van der Waals surface area contributed by atoms with Crippen molar-refractivity contribution in [2.75, 3.05) is 13.1 Å². The minimum atomic E-state index is 0.136. The molecule has 17 heavy (non-hydrogen) atoms. The highest BCUT2D eigenvalue weighted by molar-refractivity contribution is 7.12. The summed E-state index contributed by atoms with van der Waals surface area (Å²) in [6.45, 7) is 8.80. The first-order valence-electron chi connectivity index (χ1n) is 6.12. The van der Waals surface area contributed by atoms with E-state index in [9.17, 15) is 4.79 Å². The number of thiophene rings is 1. The highest BCUT2D eigenvalue weighted by atomic mass is 32.1. The first-order valence-corrected chi connectivity index (χ1v) is 6.94. The van der Waals surface area contributed by atoms with Crippen LogP contribution in [0.15, 0.2) is 6.07 Å². The number of hydrogen-bond acceptors (Lipinski definition) is 3. The number of nitrogens with one attached hydrogen (secondary N) is 2. The largest absolute Gasteiger partial charge is 0.351 e. The molecule has 0 radical (unpaired) electrons. The second kappa shape index (κ2) is 5.19. The van der Waals surface area contributed by atoms with Crippen LogP contribution >= 0.6 is 11.3 Å². The van der Waals surface area contributed by atoms with E-state index in [4.69, 9.17) is 0 Å². The SMILES string of the molecule is Cc1cc(CNC(=O)C2CNCC2C)sc1C. The van der Waals surface area contributed by atoms with Gasteiger partial charge in [-0.25, -0.2) is 0 Å². The van der Waals surface area contributed by atoms with Crippen molar-refractivity contribution in [1.82, 2.24) is 10.6 Å². The maximum atomic E-state index is 12.0. The molecule has 1 fully saturated rings. The Morgan fingerprint density at radius 3 is 2.82 bits per heavy atom. The van der Waals surface area contributed by atoms with Crippen molar-refractivity contribution in [3.8, 4) is 0 Å². The maximum Gasteiger partial charge on any atom is 0.225 e. The highest BCUT2D eigenvalue weighted by Gasteiger charge is 2.29. The van der Waals surface area contributed by atoms with E-state index in [0.29, 0.717) is 12.5 Å². The molecule has 1 aliphatic heterocycles. The lowest BCUT2D eigenvalue weighted by molar-refractivity contribution is -0.125. The number of hydrogen-bond donors (Lipinski definition) is 2. The summed E-state index contributed by atoms with van der Waals surface area (Å²) in [4.78, 5) is 14.6. The Morgan fingerprint density at radius 2 is 2.29 bits per heavy atom. The summed E-state index contributed by atoms with van der Waals surface area (Å²) in [6, 6.07) is 2.16. The normalized spacial score (nSPS) is 23.9. The fourth-order valence-corrected chi connectivity index (χ4v) is 3.20. The second-order valence-electron chi connectivity index (χ2n) is 4.91. The van der Waals surface area contributed by atoms with Crippen molar-refractivity contribution in [2.24, 2.45) is 11.8 Å². The fraction of sp³-hybridized carbons (Fsp3) is 0.615. The van der Waals surface area contributed by atoms with E-state index >= 15 is 0 Å². The fourth-order valence-electron chi connectivity index (χ4n) is 2.20. The molecule has 0 spiro atoms. The van der Waals surface area contributed by atoms with Gasteiger partial charge in [-0.1, -0.05) is 6.92 Å². The number of aryl methyl sites for hydroxylation is 2. The minimum Gasteiger partial charge on any atom is -0.351 e. The van der Waals surface area contributed by atoms with Crippen LogP contribution in [0.4, 0.5) is 0 Å². The lowest BCUT2D eigenvalue weighted by Crippen LogP contribution is -2.33. The predicted octanol–water partition coefficient (Wildman–Crippen LogP) is 1.84. The van der Waals surface area contributed by atoms with E-state index in [0.717, 1.165) is 13.1 Å². The molecule has 0 bridgehead atoms. The van der Waals surface area contributed by atoms with E-state index in [1.807, 2.05) is 0 Å². The molecule has 0 saturated carbocycles. The Hall–Kier alpha value is -0.870. The van der Waals surface area contributed by atoms with Crippen LogP contribution in [-0.2, 0) is 11.3 Å². The van der Waals surface area contributed by atoms with Gasteiger partial charge in [0.2, 0.25) is 5.91 Å². The van der Waals surface area contributed by atoms with Crippen molar-refractivity contribution in [3.63, 3.8) is 0 Å². The molecule has 1 saturated heterocycles. The van der Waals surface area contributed by atoms with Crippen LogP contribution in [-0.4, -0.2) is 19.0 Å². The molecule has 2 heterocycles. The zero-order chi connectivity index (χ0) is 12.4. The van der Waals surface area contributed by atoms with E-state index in [1.165, 1.54) is 15.3 Å². The summed E-state index contributed by atoms with van der Waals surface area (Å²) in [5.41, 5.74) is 1.31. The van der Waals surface area contributed by atoms with Crippen LogP contribution in [0.2, 0.25) is 0 Å². The van der Waals surface area contributed by atoms with Gasteiger partial charge in [0.15, 0.2) is 0 Å². The molecular formula is C13H20N2OS. The molecule has 94 valence electrons. The van der Waals surface area contributed by atoms with Crippen LogP contribution in [0.5, 0.6) is 0 Å². The zero-order valence-corrected chi connectivity index (χ0v) is 11.5. The Bertz CT molecular complexity index is 394. The smallest absolute Gasteiger partial charge is 0.225 e. The zero-order valence-electron chi connectivity index (χ0n) is 10.7. The molecule has 1 aliphatic rings. The van der Waals surface area contributed by atoms with Crippen molar-refractivity contribution in [2.45, 2.75) is 27.3 Å². The van der Waals surface area contributed by atoms with Crippen molar-refractivity contribution >= 4 is 17.2 Å². The standard InChI is InChI=1S/C13H20N2OS/c1-8-4-11(17-10(8)3)6-15-13(16)12-7-14-5-9(12)2/h4,9,12,14H,5-7H2,1-3H3,(H,15,16).